The van der Waals surface area contributed by atoms with Gasteiger partial charge in [-0.05, 0) is 49.8 Å². The minimum absolute atomic E-state index is 0.419. The lowest BCUT2D eigenvalue weighted by molar-refractivity contribution is -0.144. The van der Waals surface area contributed by atoms with Crippen molar-refractivity contribution in [1.82, 2.24) is 4.90 Å². The van der Waals surface area contributed by atoms with E-state index in [9.17, 15) is 9.59 Å². The van der Waals surface area contributed by atoms with Gasteiger partial charge >= 0.3 is 11.8 Å². The number of rotatable bonds is 1. The molecule has 0 aliphatic carbocycles. The molecule has 1 aromatic rings. The van der Waals surface area contributed by atoms with E-state index in [1.807, 2.05) is 32.0 Å². The van der Waals surface area contributed by atoms with Crippen molar-refractivity contribution < 1.29 is 9.59 Å². The number of hydrogen-bond donors (Lipinski definition) is 1. The molecule has 2 amide bonds. The van der Waals surface area contributed by atoms with Crippen LogP contribution in [0.2, 0.25) is 0 Å². The summed E-state index contributed by atoms with van der Waals surface area (Å²) in [6, 6.07) is 5.82. The van der Waals surface area contributed by atoms with E-state index in [1.54, 1.807) is 4.90 Å². The van der Waals surface area contributed by atoms with Crippen molar-refractivity contribution in [2.45, 2.75) is 33.6 Å². The molecule has 1 saturated heterocycles. The average molecular weight is 274 g/mol. The van der Waals surface area contributed by atoms with Crippen molar-refractivity contribution in [3.8, 4) is 0 Å². The van der Waals surface area contributed by atoms with E-state index in [4.69, 9.17) is 0 Å². The number of likely N-dealkylation sites (tertiary alicyclic amines) is 1. The van der Waals surface area contributed by atoms with Gasteiger partial charge in [0.2, 0.25) is 0 Å². The van der Waals surface area contributed by atoms with Gasteiger partial charge in [-0.3, -0.25) is 9.59 Å². The third-order valence-electron chi connectivity index (χ3n) is 3.91. The van der Waals surface area contributed by atoms with Crippen LogP contribution in [-0.2, 0) is 9.59 Å². The van der Waals surface area contributed by atoms with Gasteiger partial charge in [-0.2, -0.15) is 0 Å². The molecular weight excluding hydrogens is 252 g/mol. The lowest BCUT2D eigenvalue weighted by atomic mass is 9.99. The van der Waals surface area contributed by atoms with Crippen LogP contribution in [0, 0.1) is 19.8 Å². The van der Waals surface area contributed by atoms with Crippen LogP contribution >= 0.6 is 0 Å². The standard InChI is InChI=1S/C16H22N2O2/c1-11-6-8-18(9-7-11)16(20)15(19)17-14-10-12(2)4-5-13(14)3/h4-5,10-11H,6-9H2,1-3H3,(H,17,19). The molecule has 1 fully saturated rings. The first-order chi connectivity index (χ1) is 9.47. The molecule has 4 heteroatoms. The second kappa shape index (κ2) is 6.07. The lowest BCUT2D eigenvalue weighted by Gasteiger charge is -2.29. The number of anilines is 1. The van der Waals surface area contributed by atoms with Gasteiger partial charge in [0.1, 0.15) is 0 Å². The van der Waals surface area contributed by atoms with Crippen LogP contribution < -0.4 is 5.32 Å². The van der Waals surface area contributed by atoms with Crippen LogP contribution in [-0.4, -0.2) is 29.8 Å². The van der Waals surface area contributed by atoms with Crippen molar-refractivity contribution in [2.75, 3.05) is 18.4 Å². The van der Waals surface area contributed by atoms with Crippen LogP contribution in [0.15, 0.2) is 18.2 Å². The molecule has 1 heterocycles. The highest BCUT2D eigenvalue weighted by Gasteiger charge is 2.25. The van der Waals surface area contributed by atoms with E-state index >= 15 is 0 Å². The largest absolute Gasteiger partial charge is 0.334 e. The van der Waals surface area contributed by atoms with E-state index in [1.165, 1.54) is 0 Å². The molecule has 2 rings (SSSR count). The predicted molar refractivity (Wildman–Crippen MR) is 79.5 cm³/mol. The van der Waals surface area contributed by atoms with Crippen LogP contribution in [0.25, 0.3) is 0 Å². The fourth-order valence-corrected chi connectivity index (χ4v) is 2.40. The molecule has 0 saturated carbocycles. The fourth-order valence-electron chi connectivity index (χ4n) is 2.40. The fraction of sp³-hybridized carbons (Fsp3) is 0.500. The molecule has 4 nitrogen and oxygen atoms in total. The first-order valence-corrected chi connectivity index (χ1v) is 7.15. The SMILES string of the molecule is Cc1ccc(C)c(NC(=O)C(=O)N2CCC(C)CC2)c1. The Labute approximate surface area is 120 Å². The van der Waals surface area contributed by atoms with E-state index < -0.39 is 11.8 Å². The summed E-state index contributed by atoms with van der Waals surface area (Å²) in [7, 11) is 0. The third kappa shape index (κ3) is 3.38. The van der Waals surface area contributed by atoms with Crippen LogP contribution in [0.4, 0.5) is 5.69 Å². The number of amides is 2. The minimum atomic E-state index is -0.534. The molecule has 0 spiro atoms. The van der Waals surface area contributed by atoms with Gasteiger partial charge in [-0.25, -0.2) is 0 Å². The monoisotopic (exact) mass is 274 g/mol. The smallest absolute Gasteiger partial charge is 0.313 e. The lowest BCUT2D eigenvalue weighted by Crippen LogP contribution is -2.43. The zero-order chi connectivity index (χ0) is 14.7. The molecule has 1 aromatic carbocycles. The Kier molecular flexibility index (Phi) is 4.42. The van der Waals surface area contributed by atoms with Gasteiger partial charge in [0.05, 0.1) is 0 Å². The molecule has 108 valence electrons. The van der Waals surface area contributed by atoms with Crippen LogP contribution in [0.1, 0.15) is 30.9 Å². The maximum atomic E-state index is 12.1. The molecule has 1 N–H and O–H groups in total. The Balaban J connectivity index is 2.01. The summed E-state index contributed by atoms with van der Waals surface area (Å²) in [4.78, 5) is 25.8. The highest BCUT2D eigenvalue weighted by Crippen LogP contribution is 2.18. The Bertz CT molecular complexity index is 517. The zero-order valence-corrected chi connectivity index (χ0v) is 12.4. The van der Waals surface area contributed by atoms with E-state index in [-0.39, 0.29) is 0 Å². The second-order valence-electron chi connectivity index (χ2n) is 5.75. The van der Waals surface area contributed by atoms with Gasteiger partial charge in [0, 0.05) is 18.8 Å². The summed E-state index contributed by atoms with van der Waals surface area (Å²) in [6.07, 6.45) is 1.95. The topological polar surface area (TPSA) is 49.4 Å². The quantitative estimate of drug-likeness (QED) is 0.800. The number of aryl methyl sites for hydroxylation is 2. The second-order valence-corrected chi connectivity index (χ2v) is 5.75. The maximum absolute atomic E-state index is 12.1. The van der Waals surface area contributed by atoms with Crippen LogP contribution in [0.5, 0.6) is 0 Å². The third-order valence-corrected chi connectivity index (χ3v) is 3.91. The molecule has 0 aromatic heterocycles. The van der Waals surface area contributed by atoms with E-state index in [2.05, 4.69) is 12.2 Å². The molecule has 0 bridgehead atoms. The number of nitrogens with zero attached hydrogens (tertiary/aromatic N) is 1. The van der Waals surface area contributed by atoms with Crippen molar-refractivity contribution in [3.63, 3.8) is 0 Å². The summed E-state index contributed by atoms with van der Waals surface area (Å²) in [5.74, 6) is -0.313. The molecule has 1 aliphatic rings. The highest BCUT2D eigenvalue weighted by molar-refractivity contribution is 6.39. The summed E-state index contributed by atoms with van der Waals surface area (Å²) in [5, 5.41) is 2.73. The number of hydrogen-bond acceptors (Lipinski definition) is 2. The van der Waals surface area contributed by atoms with Gasteiger partial charge in [-0.1, -0.05) is 19.1 Å². The molecular formula is C16H22N2O2. The van der Waals surface area contributed by atoms with Crippen molar-refractivity contribution in [2.24, 2.45) is 5.92 Å². The molecule has 20 heavy (non-hydrogen) atoms. The summed E-state index contributed by atoms with van der Waals surface area (Å²) < 4.78 is 0. The van der Waals surface area contributed by atoms with Gasteiger partial charge in [-0.15, -0.1) is 0 Å². The Morgan fingerprint density at radius 1 is 1.20 bits per heavy atom. The molecule has 0 radical (unpaired) electrons. The molecule has 0 unspecified atom stereocenters. The normalized spacial score (nSPS) is 16.1. The van der Waals surface area contributed by atoms with Gasteiger partial charge < -0.3 is 10.2 Å². The maximum Gasteiger partial charge on any atom is 0.313 e. The Hall–Kier alpha value is -1.84. The number of benzene rings is 1. The predicted octanol–water partition coefficient (Wildman–Crippen LogP) is 2.50. The number of carbonyl (C=O) groups is 2. The number of piperidine rings is 1. The molecule has 1 aliphatic heterocycles. The summed E-state index contributed by atoms with van der Waals surface area (Å²) >= 11 is 0. The zero-order valence-electron chi connectivity index (χ0n) is 12.4. The minimum Gasteiger partial charge on any atom is -0.334 e. The first-order valence-electron chi connectivity index (χ1n) is 7.15. The Morgan fingerprint density at radius 2 is 1.85 bits per heavy atom. The van der Waals surface area contributed by atoms with Gasteiger partial charge in [0.25, 0.3) is 0 Å². The number of nitrogens with one attached hydrogen (secondary N) is 1. The van der Waals surface area contributed by atoms with Crippen LogP contribution in [0.3, 0.4) is 0 Å². The Morgan fingerprint density at radius 3 is 2.50 bits per heavy atom. The summed E-state index contributed by atoms with van der Waals surface area (Å²) in [6.45, 7) is 7.42. The molecule has 0 atom stereocenters. The van der Waals surface area contributed by atoms with Gasteiger partial charge in [0.15, 0.2) is 0 Å². The first kappa shape index (κ1) is 14.6. The van der Waals surface area contributed by atoms with Crippen molar-refractivity contribution in [3.05, 3.63) is 29.3 Å². The number of carbonyl (C=O) groups excluding carboxylic acids is 2. The van der Waals surface area contributed by atoms with Crippen molar-refractivity contribution >= 4 is 17.5 Å². The van der Waals surface area contributed by atoms with Crippen molar-refractivity contribution in [1.29, 1.82) is 0 Å². The summed E-state index contributed by atoms with van der Waals surface area (Å²) in [5.41, 5.74) is 2.74. The van der Waals surface area contributed by atoms with E-state index in [0.717, 1.165) is 24.0 Å². The highest BCUT2D eigenvalue weighted by atomic mass is 16.2. The van der Waals surface area contributed by atoms with E-state index in [0.29, 0.717) is 24.7 Å². The average Bonchev–Trinajstić information content (AvgIpc) is 2.43.